The number of aliphatic imine (C=N–C) groups is 2. The number of nitrogens with zero attached hydrogens (tertiary/aromatic N) is 7. The molecule has 0 aliphatic carbocycles. The number of rotatable bonds is 2. The second-order valence-electron chi connectivity index (χ2n) is 14.2. The van der Waals surface area contributed by atoms with Crippen molar-refractivity contribution >= 4 is 12.4 Å². The summed E-state index contributed by atoms with van der Waals surface area (Å²) in [6.07, 6.45) is 7.07. The number of pyridine rings is 2. The Balaban J connectivity index is -0.000000149. The van der Waals surface area contributed by atoms with Crippen molar-refractivity contribution in [3.05, 3.63) is 83.0 Å². The van der Waals surface area contributed by atoms with E-state index in [0.29, 0.717) is 0 Å². The first-order chi connectivity index (χ1) is 18.9. The largest absolute Gasteiger partial charge is 0.311 e. The standard InChI is InChI=1S/C10H8N2.C10H20N2.3C5H9N.Mo.Zn/c1-3-7-11-9(5-1)10-6-2-4-8-12-10;1-9(2,3)11-7-8-12-10(4,5)6;3*1-5(2,3)6-4;;/h1-8H;7-8H,1-6H3;3*1-3H3;;. The third kappa shape index (κ3) is 46.4. The molecule has 0 fully saturated rings. The summed E-state index contributed by atoms with van der Waals surface area (Å²) < 4.78 is 0. The Morgan fingerprint density at radius 2 is 0.750 bits per heavy atom. The average molecular weight is 735 g/mol. The number of aromatic nitrogens is 2. The van der Waals surface area contributed by atoms with E-state index in [1.807, 2.05) is 98.7 Å². The molecule has 7 nitrogen and oxygen atoms in total. The minimum atomic E-state index is -0.167. The van der Waals surface area contributed by atoms with Gasteiger partial charge < -0.3 is 14.5 Å². The van der Waals surface area contributed by atoms with Crippen LogP contribution in [0.2, 0.25) is 0 Å². The van der Waals surface area contributed by atoms with Gasteiger partial charge in [0.15, 0.2) is 0 Å². The van der Waals surface area contributed by atoms with E-state index >= 15 is 0 Å². The van der Waals surface area contributed by atoms with E-state index in [1.54, 1.807) is 24.8 Å². The maximum atomic E-state index is 6.48. The molecule has 0 saturated heterocycles. The van der Waals surface area contributed by atoms with Gasteiger partial charge in [-0.05, 0) is 65.8 Å². The van der Waals surface area contributed by atoms with Crippen molar-refractivity contribution < 1.29 is 40.5 Å². The summed E-state index contributed by atoms with van der Waals surface area (Å²) in [4.78, 5) is 26.8. The molecule has 0 radical (unpaired) electrons. The van der Waals surface area contributed by atoms with Gasteiger partial charge in [-0.15, -0.1) is 0 Å². The van der Waals surface area contributed by atoms with Gasteiger partial charge in [-0.25, -0.2) is 19.7 Å². The minimum absolute atomic E-state index is 0. The molecule has 0 spiro atoms. The van der Waals surface area contributed by atoms with Crippen molar-refractivity contribution in [1.82, 2.24) is 9.97 Å². The molecule has 2 aromatic rings. The molecule has 0 saturated carbocycles. The summed E-state index contributed by atoms with van der Waals surface area (Å²) in [5, 5.41) is 0. The van der Waals surface area contributed by atoms with Gasteiger partial charge in [-0.3, -0.25) is 20.0 Å². The summed E-state index contributed by atoms with van der Waals surface area (Å²) in [5.41, 5.74) is 1.34. The Hall–Kier alpha value is -2.58. The first-order valence-corrected chi connectivity index (χ1v) is 13.9. The van der Waals surface area contributed by atoms with Crippen molar-refractivity contribution in [1.29, 1.82) is 0 Å². The molecule has 0 aliphatic heterocycles. The average Bonchev–Trinajstić information content (AvgIpc) is 2.87. The van der Waals surface area contributed by atoms with E-state index in [9.17, 15) is 0 Å². The first kappa shape index (κ1) is 51.0. The van der Waals surface area contributed by atoms with E-state index in [0.717, 1.165) is 11.4 Å². The fourth-order valence-corrected chi connectivity index (χ4v) is 1.54. The maximum absolute atomic E-state index is 6.48. The van der Waals surface area contributed by atoms with Gasteiger partial charge in [0, 0.05) is 128 Å². The predicted octanol–water partition coefficient (Wildman–Crippen LogP) is 9.98. The normalized spacial score (nSPS) is 10.9. The maximum Gasteiger partial charge on any atom is 0.224 e. The molecular formula is C35H55MoN7Zn. The van der Waals surface area contributed by atoms with Crippen molar-refractivity contribution in [3.8, 4) is 11.4 Å². The first-order valence-electron chi connectivity index (χ1n) is 13.9. The van der Waals surface area contributed by atoms with Crippen LogP contribution in [0, 0.1) is 19.7 Å². The summed E-state index contributed by atoms with van der Waals surface area (Å²) in [6, 6.07) is 11.6. The zero-order valence-electron chi connectivity index (χ0n) is 30.0. The zero-order valence-corrected chi connectivity index (χ0v) is 35.0. The van der Waals surface area contributed by atoms with Crippen LogP contribution in [0.1, 0.15) is 104 Å². The molecule has 0 unspecified atom stereocenters. The molecule has 0 amide bonds. The van der Waals surface area contributed by atoms with Crippen LogP contribution in [0.15, 0.2) is 58.8 Å². The van der Waals surface area contributed by atoms with E-state index in [2.05, 4.69) is 76.0 Å². The Kier molecular flexibility index (Phi) is 28.7. The molecule has 2 aromatic heterocycles. The van der Waals surface area contributed by atoms with Crippen LogP contribution >= 0.6 is 0 Å². The number of hydrogen-bond donors (Lipinski definition) is 0. The van der Waals surface area contributed by atoms with Crippen LogP contribution in [0.3, 0.4) is 0 Å². The van der Waals surface area contributed by atoms with Gasteiger partial charge in [0.25, 0.3) is 0 Å². The molecule has 2 heterocycles. The Morgan fingerprint density at radius 1 is 0.523 bits per heavy atom. The molecule has 0 aliphatic rings. The van der Waals surface area contributed by atoms with Crippen molar-refractivity contribution in [3.63, 3.8) is 0 Å². The van der Waals surface area contributed by atoms with E-state index in [1.165, 1.54) is 0 Å². The molecule has 9 heteroatoms. The Bertz CT molecular complexity index is 1040. The summed E-state index contributed by atoms with van der Waals surface area (Å²) in [6.45, 7) is 48.8. The van der Waals surface area contributed by atoms with Crippen LogP contribution in [0.5, 0.6) is 0 Å². The van der Waals surface area contributed by atoms with Gasteiger partial charge in [0.1, 0.15) is 0 Å². The zero-order chi connectivity index (χ0) is 33.7. The molecule has 238 valence electrons. The van der Waals surface area contributed by atoms with E-state index < -0.39 is 0 Å². The monoisotopic (exact) mass is 735 g/mol. The molecule has 0 N–H and O–H groups in total. The summed E-state index contributed by atoms with van der Waals surface area (Å²) in [7, 11) is 0. The van der Waals surface area contributed by atoms with Gasteiger partial charge in [0.2, 0.25) is 16.6 Å². The molecule has 0 aromatic carbocycles. The molecule has 44 heavy (non-hydrogen) atoms. The predicted molar refractivity (Wildman–Crippen MR) is 183 cm³/mol. The molecular weight excluding hydrogens is 680 g/mol. The molecule has 0 bridgehead atoms. The van der Waals surface area contributed by atoms with Crippen LogP contribution < -0.4 is 0 Å². The number of hydrogen-bond acceptors (Lipinski definition) is 4. The van der Waals surface area contributed by atoms with Crippen LogP contribution in [-0.2, 0) is 40.5 Å². The van der Waals surface area contributed by atoms with Gasteiger partial charge in [0.05, 0.1) is 22.5 Å². The Labute approximate surface area is 297 Å². The quantitative estimate of drug-likeness (QED) is 0.175. The van der Waals surface area contributed by atoms with Gasteiger partial charge >= 0.3 is 0 Å². The second-order valence-corrected chi connectivity index (χ2v) is 14.2. The van der Waals surface area contributed by atoms with Crippen LogP contribution in [0.25, 0.3) is 25.9 Å². The third-order valence-electron chi connectivity index (χ3n) is 3.59. The second kappa shape index (κ2) is 24.7. The minimum Gasteiger partial charge on any atom is -0.311 e. The smallest absolute Gasteiger partial charge is 0.224 e. The SMILES string of the molecule is CC(C)(C)N=CC=NC(C)(C)C.[C-]#[N+]C(C)(C)C.[C-]#[N+]C(C)(C)C.[C-]#[N+]C(C)(C)C.[Mo].[Zn].c1ccc(-c2ccccn2)nc1. The Morgan fingerprint density at radius 3 is 0.886 bits per heavy atom. The van der Waals surface area contributed by atoms with Crippen LogP contribution in [-0.4, -0.2) is 50.1 Å². The van der Waals surface area contributed by atoms with Crippen molar-refractivity contribution in [2.75, 3.05) is 0 Å². The molecule has 0 atom stereocenters. The van der Waals surface area contributed by atoms with Crippen molar-refractivity contribution in [2.45, 2.75) is 132 Å². The fraction of sp³-hybridized carbons (Fsp3) is 0.571. The topological polar surface area (TPSA) is 63.6 Å². The molecule has 2 rings (SSSR count). The van der Waals surface area contributed by atoms with Gasteiger partial charge in [-0.2, -0.15) is 0 Å². The summed E-state index contributed by atoms with van der Waals surface area (Å²) >= 11 is 0. The van der Waals surface area contributed by atoms with Gasteiger partial charge in [-0.1, -0.05) is 12.1 Å². The fourth-order valence-electron chi connectivity index (χ4n) is 1.54. The third-order valence-corrected chi connectivity index (χ3v) is 3.59. The summed E-state index contributed by atoms with van der Waals surface area (Å²) in [5.74, 6) is 0. The van der Waals surface area contributed by atoms with Crippen LogP contribution in [0.4, 0.5) is 0 Å². The van der Waals surface area contributed by atoms with E-state index in [4.69, 9.17) is 19.7 Å². The van der Waals surface area contributed by atoms with Crippen molar-refractivity contribution in [2.24, 2.45) is 9.98 Å². The van der Waals surface area contributed by atoms with E-state index in [-0.39, 0.29) is 68.2 Å².